The van der Waals surface area contributed by atoms with Gasteiger partial charge in [-0.25, -0.2) is 0 Å². The number of carbonyl (C=O) groups excluding carboxylic acids is 2. The summed E-state index contributed by atoms with van der Waals surface area (Å²) in [7, 11) is 3.14. The molecule has 1 unspecified atom stereocenters. The van der Waals surface area contributed by atoms with E-state index in [9.17, 15) is 14.7 Å². The van der Waals surface area contributed by atoms with Gasteiger partial charge in [0.25, 0.3) is 11.7 Å². The van der Waals surface area contributed by atoms with Crippen molar-refractivity contribution in [3.8, 4) is 17.2 Å². The summed E-state index contributed by atoms with van der Waals surface area (Å²) in [5.41, 5.74) is 3.59. The fourth-order valence-electron chi connectivity index (χ4n) is 4.93. The number of rotatable bonds is 9. The van der Waals surface area contributed by atoms with E-state index in [0.717, 1.165) is 17.5 Å². The summed E-state index contributed by atoms with van der Waals surface area (Å²) in [5.74, 6) is 0.0937. The summed E-state index contributed by atoms with van der Waals surface area (Å²) in [4.78, 5) is 28.6. The maximum atomic E-state index is 13.6. The van der Waals surface area contributed by atoms with Crippen LogP contribution in [-0.2, 0) is 16.0 Å². The van der Waals surface area contributed by atoms with E-state index < -0.39 is 17.7 Å². The van der Waals surface area contributed by atoms with Crippen LogP contribution in [0.5, 0.6) is 17.2 Å². The largest absolute Gasteiger partial charge is 0.507 e. The van der Waals surface area contributed by atoms with Crippen LogP contribution in [0.15, 0.2) is 66.2 Å². The SMILES string of the molecule is CCOc1cc(C2/C(=C(\O)c3ccc(OC)c(C(C)C)c3)C(=O)C(=O)N2c2ccc(CC)cc2)ccc1OC. The Morgan fingerprint density at radius 2 is 1.56 bits per heavy atom. The quantitative estimate of drug-likeness (QED) is 0.196. The van der Waals surface area contributed by atoms with Crippen molar-refractivity contribution in [2.45, 2.75) is 46.1 Å². The molecule has 1 amide bonds. The lowest BCUT2D eigenvalue weighted by Gasteiger charge is -2.26. The zero-order chi connectivity index (χ0) is 28.3. The average Bonchev–Trinajstić information content (AvgIpc) is 3.22. The van der Waals surface area contributed by atoms with Crippen LogP contribution in [0.4, 0.5) is 5.69 Å². The monoisotopic (exact) mass is 529 g/mol. The lowest BCUT2D eigenvalue weighted by Crippen LogP contribution is -2.29. The van der Waals surface area contributed by atoms with E-state index in [1.54, 1.807) is 50.6 Å². The molecule has 39 heavy (non-hydrogen) atoms. The number of hydrogen-bond acceptors (Lipinski definition) is 6. The molecule has 0 bridgehead atoms. The van der Waals surface area contributed by atoms with Gasteiger partial charge in [0.1, 0.15) is 11.5 Å². The predicted octanol–water partition coefficient (Wildman–Crippen LogP) is 6.41. The van der Waals surface area contributed by atoms with E-state index in [0.29, 0.717) is 40.7 Å². The van der Waals surface area contributed by atoms with Crippen LogP contribution < -0.4 is 19.1 Å². The van der Waals surface area contributed by atoms with Crippen LogP contribution in [0.25, 0.3) is 5.76 Å². The molecule has 1 aliphatic heterocycles. The molecular formula is C32H35NO6. The number of aliphatic hydroxyl groups is 1. The summed E-state index contributed by atoms with van der Waals surface area (Å²) < 4.78 is 16.7. The van der Waals surface area contributed by atoms with Gasteiger partial charge < -0.3 is 19.3 Å². The number of ketones is 1. The van der Waals surface area contributed by atoms with Crippen LogP contribution in [-0.4, -0.2) is 37.6 Å². The molecule has 1 atom stereocenters. The molecule has 1 fully saturated rings. The molecule has 0 saturated carbocycles. The third-order valence-corrected chi connectivity index (χ3v) is 7.00. The minimum atomic E-state index is -0.882. The van der Waals surface area contributed by atoms with E-state index in [2.05, 4.69) is 0 Å². The van der Waals surface area contributed by atoms with Crippen LogP contribution >= 0.6 is 0 Å². The Morgan fingerprint density at radius 3 is 2.15 bits per heavy atom. The Hall–Kier alpha value is -4.26. The number of anilines is 1. The summed E-state index contributed by atoms with van der Waals surface area (Å²) in [6.45, 7) is 8.36. The van der Waals surface area contributed by atoms with E-state index in [4.69, 9.17) is 14.2 Å². The van der Waals surface area contributed by atoms with Gasteiger partial charge in [-0.1, -0.05) is 39.0 Å². The molecule has 0 radical (unpaired) electrons. The molecule has 3 aromatic carbocycles. The van der Waals surface area contributed by atoms with E-state index in [1.165, 1.54) is 4.90 Å². The van der Waals surface area contributed by atoms with Gasteiger partial charge in [-0.05, 0) is 78.4 Å². The van der Waals surface area contributed by atoms with Crippen molar-refractivity contribution in [2.75, 3.05) is 25.7 Å². The van der Waals surface area contributed by atoms with Gasteiger partial charge in [0.05, 0.1) is 32.4 Å². The molecule has 3 aromatic rings. The fraction of sp³-hybridized carbons (Fsp3) is 0.312. The standard InChI is InChI=1S/C32H35NO6/c1-7-20-9-13-23(14-10-20)33-29(21-11-16-26(38-6)27(18-21)39-8-2)28(31(35)32(33)36)30(34)22-12-15-25(37-5)24(17-22)19(3)4/h9-19,29,34H,7-8H2,1-6H3/b30-28+. The minimum absolute atomic E-state index is 0.00653. The Morgan fingerprint density at radius 1 is 0.897 bits per heavy atom. The van der Waals surface area contributed by atoms with Crippen molar-refractivity contribution in [1.29, 1.82) is 0 Å². The van der Waals surface area contributed by atoms with Crippen LogP contribution in [0.2, 0.25) is 0 Å². The normalized spacial score (nSPS) is 16.6. The second-order valence-electron chi connectivity index (χ2n) is 9.64. The maximum absolute atomic E-state index is 13.6. The Labute approximate surface area is 229 Å². The number of aliphatic hydroxyl groups excluding tert-OH is 1. The summed E-state index contributed by atoms with van der Waals surface area (Å²) in [6.07, 6.45) is 0.842. The number of aryl methyl sites for hydroxylation is 1. The van der Waals surface area contributed by atoms with Crippen molar-refractivity contribution >= 4 is 23.1 Å². The lowest BCUT2D eigenvalue weighted by atomic mass is 9.93. The van der Waals surface area contributed by atoms with E-state index in [1.807, 2.05) is 52.0 Å². The zero-order valence-electron chi connectivity index (χ0n) is 23.3. The van der Waals surface area contributed by atoms with Gasteiger partial charge in [0.2, 0.25) is 0 Å². The zero-order valence-corrected chi connectivity index (χ0v) is 23.3. The first-order valence-electron chi connectivity index (χ1n) is 13.1. The maximum Gasteiger partial charge on any atom is 0.300 e. The van der Waals surface area contributed by atoms with Crippen LogP contribution in [0.3, 0.4) is 0 Å². The number of benzene rings is 3. The van der Waals surface area contributed by atoms with Gasteiger partial charge in [0.15, 0.2) is 11.5 Å². The third kappa shape index (κ3) is 5.21. The highest BCUT2D eigenvalue weighted by molar-refractivity contribution is 6.51. The van der Waals surface area contributed by atoms with Gasteiger partial charge >= 0.3 is 0 Å². The number of ether oxygens (including phenoxy) is 3. The molecule has 0 aromatic heterocycles. The molecule has 0 aliphatic carbocycles. The molecule has 1 aliphatic rings. The Kier molecular flexibility index (Phi) is 8.29. The van der Waals surface area contributed by atoms with Crippen LogP contribution in [0, 0.1) is 0 Å². The summed E-state index contributed by atoms with van der Waals surface area (Å²) >= 11 is 0. The number of amides is 1. The molecule has 1 N–H and O–H groups in total. The first-order valence-corrected chi connectivity index (χ1v) is 13.1. The third-order valence-electron chi connectivity index (χ3n) is 7.00. The first-order chi connectivity index (χ1) is 18.7. The Balaban J connectivity index is 1.96. The number of Topliss-reactive ketones (excluding diaryl/α,β-unsaturated/α-hetero) is 1. The minimum Gasteiger partial charge on any atom is -0.507 e. The van der Waals surface area contributed by atoms with E-state index in [-0.39, 0.29) is 17.3 Å². The van der Waals surface area contributed by atoms with Gasteiger partial charge in [-0.15, -0.1) is 0 Å². The van der Waals surface area contributed by atoms with E-state index >= 15 is 0 Å². The topological polar surface area (TPSA) is 85.3 Å². The molecule has 0 spiro atoms. The highest BCUT2D eigenvalue weighted by Gasteiger charge is 2.47. The highest BCUT2D eigenvalue weighted by Crippen LogP contribution is 2.44. The molecule has 7 nitrogen and oxygen atoms in total. The molecule has 1 heterocycles. The molecule has 7 heteroatoms. The average molecular weight is 530 g/mol. The summed E-state index contributed by atoms with van der Waals surface area (Å²) in [6, 6.07) is 17.2. The second kappa shape index (κ2) is 11.6. The molecule has 1 saturated heterocycles. The molecular weight excluding hydrogens is 494 g/mol. The number of methoxy groups -OCH3 is 2. The van der Waals surface area contributed by atoms with Crippen molar-refractivity contribution in [3.63, 3.8) is 0 Å². The van der Waals surface area contributed by atoms with Crippen molar-refractivity contribution < 1.29 is 28.9 Å². The highest BCUT2D eigenvalue weighted by atomic mass is 16.5. The van der Waals surface area contributed by atoms with Gasteiger partial charge in [0, 0.05) is 11.3 Å². The van der Waals surface area contributed by atoms with Crippen molar-refractivity contribution in [2.24, 2.45) is 0 Å². The fourth-order valence-corrected chi connectivity index (χ4v) is 4.93. The summed E-state index contributed by atoms with van der Waals surface area (Å²) in [5, 5.41) is 11.6. The van der Waals surface area contributed by atoms with Crippen molar-refractivity contribution in [1.82, 2.24) is 0 Å². The number of carbonyl (C=O) groups is 2. The predicted molar refractivity (Wildman–Crippen MR) is 152 cm³/mol. The smallest absolute Gasteiger partial charge is 0.300 e. The lowest BCUT2D eigenvalue weighted by molar-refractivity contribution is -0.132. The van der Waals surface area contributed by atoms with Crippen LogP contribution in [0.1, 0.15) is 61.9 Å². The van der Waals surface area contributed by atoms with Gasteiger partial charge in [-0.2, -0.15) is 0 Å². The van der Waals surface area contributed by atoms with Crippen molar-refractivity contribution in [3.05, 3.63) is 88.5 Å². The number of hydrogen-bond donors (Lipinski definition) is 1. The number of nitrogens with zero attached hydrogens (tertiary/aromatic N) is 1. The Bertz CT molecular complexity index is 1410. The molecule has 204 valence electrons. The van der Waals surface area contributed by atoms with Gasteiger partial charge in [-0.3, -0.25) is 14.5 Å². The first kappa shape index (κ1) is 27.8. The molecule has 4 rings (SSSR count). The second-order valence-corrected chi connectivity index (χ2v) is 9.64.